The average molecular weight is 540 g/mol. The molecule has 39 heavy (non-hydrogen) atoms. The number of rotatable bonds is 7. The standard InChI is InChI=1S/C29H26ClN7O2/c30-24-14-22(39-21-6-2-1-3-7-21)10-11-23(24)26-25-27(32)33-17-34-28(25)37(35-26)16-20-5-4-12-36(20)29(38)19(15-31)13-18-8-9-18/h1-3,6-7,10-11,13-14,17-18,20H,4-5,8-9,12,16H2,(H2,32,33,34)/b19-13+/t20-/m0/s1. The molecule has 2 aliphatic rings. The van der Waals surface area contributed by atoms with Crippen molar-refractivity contribution < 1.29 is 9.53 Å². The van der Waals surface area contributed by atoms with E-state index in [1.165, 1.54) is 6.33 Å². The monoisotopic (exact) mass is 539 g/mol. The van der Waals surface area contributed by atoms with Crippen LogP contribution < -0.4 is 10.5 Å². The van der Waals surface area contributed by atoms with Crippen molar-refractivity contribution in [2.45, 2.75) is 38.3 Å². The molecule has 1 aliphatic carbocycles. The van der Waals surface area contributed by atoms with E-state index < -0.39 is 0 Å². The summed E-state index contributed by atoms with van der Waals surface area (Å²) < 4.78 is 7.69. The molecule has 1 saturated carbocycles. The van der Waals surface area contributed by atoms with E-state index in [2.05, 4.69) is 16.0 Å². The highest BCUT2D eigenvalue weighted by Crippen LogP contribution is 2.38. The van der Waals surface area contributed by atoms with Crippen LogP contribution in [-0.2, 0) is 11.3 Å². The molecule has 196 valence electrons. The first-order valence-corrected chi connectivity index (χ1v) is 13.3. The number of para-hydroxylation sites is 1. The number of benzene rings is 2. The summed E-state index contributed by atoms with van der Waals surface area (Å²) >= 11 is 6.72. The lowest BCUT2D eigenvalue weighted by Crippen LogP contribution is -2.39. The maximum absolute atomic E-state index is 13.2. The van der Waals surface area contributed by atoms with E-state index in [1.54, 1.807) is 15.6 Å². The molecule has 3 heterocycles. The minimum atomic E-state index is -0.213. The zero-order chi connectivity index (χ0) is 26.9. The zero-order valence-corrected chi connectivity index (χ0v) is 21.9. The van der Waals surface area contributed by atoms with E-state index in [0.29, 0.717) is 63.6 Å². The minimum absolute atomic E-state index is 0.127. The largest absolute Gasteiger partial charge is 0.457 e. The van der Waals surface area contributed by atoms with E-state index in [1.807, 2.05) is 48.5 Å². The third-order valence-electron chi connectivity index (χ3n) is 7.13. The Balaban J connectivity index is 1.32. The Morgan fingerprint density at radius 2 is 1.97 bits per heavy atom. The number of nitrogens with zero attached hydrogens (tertiary/aromatic N) is 6. The number of anilines is 1. The van der Waals surface area contributed by atoms with Crippen LogP contribution in [0.1, 0.15) is 25.7 Å². The van der Waals surface area contributed by atoms with Crippen molar-refractivity contribution in [3.05, 3.63) is 71.5 Å². The van der Waals surface area contributed by atoms with Gasteiger partial charge < -0.3 is 15.4 Å². The Hall–Kier alpha value is -4.42. The van der Waals surface area contributed by atoms with Gasteiger partial charge in [-0.1, -0.05) is 35.9 Å². The van der Waals surface area contributed by atoms with Gasteiger partial charge in [0, 0.05) is 18.2 Å². The van der Waals surface area contributed by atoms with Crippen molar-refractivity contribution in [2.75, 3.05) is 12.3 Å². The molecule has 1 atom stereocenters. The second kappa shape index (κ2) is 10.4. The molecule has 0 radical (unpaired) electrons. The van der Waals surface area contributed by atoms with Gasteiger partial charge in [0.15, 0.2) is 5.65 Å². The van der Waals surface area contributed by atoms with Crippen molar-refractivity contribution in [1.82, 2.24) is 24.6 Å². The molecule has 0 spiro atoms. The van der Waals surface area contributed by atoms with Gasteiger partial charge in [0.25, 0.3) is 5.91 Å². The molecule has 1 saturated heterocycles. The van der Waals surface area contributed by atoms with Crippen LogP contribution in [0.3, 0.4) is 0 Å². The van der Waals surface area contributed by atoms with E-state index in [0.717, 1.165) is 25.7 Å². The van der Waals surface area contributed by atoms with Gasteiger partial charge in [0.05, 0.1) is 23.0 Å². The Bertz CT molecular complexity index is 1620. The van der Waals surface area contributed by atoms with Crippen LogP contribution in [0.2, 0.25) is 5.02 Å². The predicted octanol–water partition coefficient (Wildman–Crippen LogP) is 5.37. The van der Waals surface area contributed by atoms with Gasteiger partial charge in [-0.3, -0.25) is 4.79 Å². The third-order valence-corrected chi connectivity index (χ3v) is 7.44. The molecule has 4 aromatic rings. The van der Waals surface area contributed by atoms with Crippen LogP contribution in [0, 0.1) is 17.2 Å². The first kappa shape index (κ1) is 24.9. The summed E-state index contributed by atoms with van der Waals surface area (Å²) in [7, 11) is 0. The number of ether oxygens (including phenoxy) is 1. The van der Waals surface area contributed by atoms with Crippen LogP contribution in [0.4, 0.5) is 5.82 Å². The van der Waals surface area contributed by atoms with E-state index in [9.17, 15) is 10.1 Å². The quantitative estimate of drug-likeness (QED) is 0.247. The van der Waals surface area contributed by atoms with Gasteiger partial charge in [-0.2, -0.15) is 10.4 Å². The predicted molar refractivity (Wildman–Crippen MR) is 148 cm³/mol. The highest BCUT2D eigenvalue weighted by Gasteiger charge is 2.33. The molecule has 2 fully saturated rings. The summed E-state index contributed by atoms with van der Waals surface area (Å²) in [6.45, 7) is 1.01. The van der Waals surface area contributed by atoms with Crippen molar-refractivity contribution in [2.24, 2.45) is 5.92 Å². The van der Waals surface area contributed by atoms with Gasteiger partial charge in [-0.15, -0.1) is 0 Å². The molecular formula is C29H26ClN7O2. The molecule has 0 bridgehead atoms. The number of nitriles is 1. The Morgan fingerprint density at radius 1 is 1.15 bits per heavy atom. The molecule has 2 aromatic carbocycles. The number of nitrogens with two attached hydrogens (primary N) is 1. The summed E-state index contributed by atoms with van der Waals surface area (Å²) in [5, 5.41) is 15.5. The third kappa shape index (κ3) is 5.03. The molecule has 1 amide bonds. The molecule has 10 heteroatoms. The number of halogens is 1. The lowest BCUT2D eigenvalue weighted by atomic mass is 10.1. The lowest BCUT2D eigenvalue weighted by molar-refractivity contribution is -0.127. The number of likely N-dealkylation sites (tertiary alicyclic amines) is 1. The molecule has 6 rings (SSSR count). The van der Waals surface area contributed by atoms with Crippen LogP contribution in [-0.4, -0.2) is 43.1 Å². The van der Waals surface area contributed by atoms with Gasteiger partial charge in [-0.05, 0) is 55.9 Å². The van der Waals surface area contributed by atoms with Crippen molar-refractivity contribution in [1.29, 1.82) is 5.26 Å². The van der Waals surface area contributed by atoms with Gasteiger partial charge in [0.2, 0.25) is 0 Å². The number of carbonyl (C=O) groups excluding carboxylic acids is 1. The molecule has 2 aromatic heterocycles. The molecule has 9 nitrogen and oxygen atoms in total. The van der Waals surface area contributed by atoms with E-state index >= 15 is 0 Å². The van der Waals surface area contributed by atoms with Crippen LogP contribution in [0.5, 0.6) is 11.5 Å². The number of allylic oxidation sites excluding steroid dienone is 1. The van der Waals surface area contributed by atoms with Crippen LogP contribution in [0.15, 0.2) is 66.5 Å². The van der Waals surface area contributed by atoms with Crippen molar-refractivity contribution in [3.63, 3.8) is 0 Å². The summed E-state index contributed by atoms with van der Waals surface area (Å²) in [5.41, 5.74) is 8.32. The Kier molecular flexibility index (Phi) is 6.63. The molecule has 1 aliphatic heterocycles. The van der Waals surface area contributed by atoms with E-state index in [-0.39, 0.29) is 17.5 Å². The van der Waals surface area contributed by atoms with Crippen molar-refractivity contribution in [3.8, 4) is 28.8 Å². The number of aromatic nitrogens is 4. The second-order valence-electron chi connectivity index (χ2n) is 9.87. The van der Waals surface area contributed by atoms with Crippen LogP contribution in [0.25, 0.3) is 22.3 Å². The highest BCUT2D eigenvalue weighted by atomic mass is 35.5. The van der Waals surface area contributed by atoms with Gasteiger partial charge in [0.1, 0.15) is 41.0 Å². The fraction of sp³-hybridized carbons (Fsp3) is 0.276. The van der Waals surface area contributed by atoms with Gasteiger partial charge in [-0.25, -0.2) is 14.6 Å². The highest BCUT2D eigenvalue weighted by molar-refractivity contribution is 6.33. The topological polar surface area (TPSA) is 123 Å². The molecule has 2 N–H and O–H groups in total. The summed E-state index contributed by atoms with van der Waals surface area (Å²) in [5.74, 6) is 1.72. The number of amides is 1. The van der Waals surface area contributed by atoms with E-state index in [4.69, 9.17) is 27.2 Å². The van der Waals surface area contributed by atoms with Crippen molar-refractivity contribution >= 4 is 34.4 Å². The summed E-state index contributed by atoms with van der Waals surface area (Å²) in [6.07, 6.45) is 6.95. The number of fused-ring (bicyclic) bond motifs is 1. The lowest BCUT2D eigenvalue weighted by Gasteiger charge is -2.24. The maximum atomic E-state index is 13.2. The SMILES string of the molecule is N#C/C(=C\C1CC1)C(=O)N1CCC[C@H]1Cn1nc(-c2ccc(Oc3ccccc3)cc2Cl)c2c(N)ncnc21. The number of hydrogen-bond acceptors (Lipinski definition) is 7. The minimum Gasteiger partial charge on any atom is -0.457 e. The number of carbonyl (C=O) groups is 1. The Labute approximate surface area is 230 Å². The molecular weight excluding hydrogens is 514 g/mol. The average Bonchev–Trinajstić information content (AvgIpc) is 3.52. The fourth-order valence-electron chi connectivity index (χ4n) is 5.02. The number of hydrogen-bond donors (Lipinski definition) is 1. The first-order chi connectivity index (χ1) is 19.0. The fourth-order valence-corrected chi connectivity index (χ4v) is 5.28. The second-order valence-corrected chi connectivity index (χ2v) is 10.3. The summed E-state index contributed by atoms with van der Waals surface area (Å²) in [6, 6.07) is 16.8. The normalized spacial score (nSPS) is 17.4. The molecule has 0 unspecified atom stereocenters. The number of nitrogen functional groups attached to an aromatic ring is 1. The first-order valence-electron chi connectivity index (χ1n) is 12.9. The van der Waals surface area contributed by atoms with Gasteiger partial charge >= 0.3 is 0 Å². The van der Waals surface area contributed by atoms with Crippen LogP contribution >= 0.6 is 11.6 Å². The summed E-state index contributed by atoms with van der Waals surface area (Å²) in [4.78, 5) is 23.7. The smallest absolute Gasteiger partial charge is 0.264 e. The Morgan fingerprint density at radius 3 is 2.72 bits per heavy atom. The maximum Gasteiger partial charge on any atom is 0.264 e. The zero-order valence-electron chi connectivity index (χ0n) is 21.1.